The molecule has 0 aliphatic carbocycles. The van der Waals surface area contributed by atoms with Crippen molar-refractivity contribution in [2.45, 2.75) is 39.5 Å². The van der Waals surface area contributed by atoms with Crippen molar-refractivity contribution in [2.75, 3.05) is 0 Å². The summed E-state index contributed by atoms with van der Waals surface area (Å²) in [6, 6.07) is 0. The molecular formula is C10H16N2O2. The molecule has 0 radical (unpaired) electrons. The number of nitrogens with one attached hydrogen (secondary N) is 1. The fourth-order valence-corrected chi connectivity index (χ4v) is 1.39. The summed E-state index contributed by atoms with van der Waals surface area (Å²) in [4.78, 5) is 17.8. The van der Waals surface area contributed by atoms with Gasteiger partial charge < -0.3 is 10.1 Å². The van der Waals surface area contributed by atoms with E-state index in [4.69, 9.17) is 5.11 Å². The van der Waals surface area contributed by atoms with E-state index in [1.807, 2.05) is 6.92 Å². The van der Waals surface area contributed by atoms with Crippen LogP contribution in [0.5, 0.6) is 0 Å². The Morgan fingerprint density at radius 3 is 2.79 bits per heavy atom. The first-order valence-electron chi connectivity index (χ1n) is 4.89. The molecule has 0 aliphatic rings. The molecule has 0 aromatic carbocycles. The molecule has 1 aromatic heterocycles. The molecule has 0 unspecified atom stereocenters. The topological polar surface area (TPSA) is 66.0 Å². The van der Waals surface area contributed by atoms with Crippen molar-refractivity contribution in [1.29, 1.82) is 0 Å². The van der Waals surface area contributed by atoms with Crippen LogP contribution in [0, 0.1) is 6.92 Å². The largest absolute Gasteiger partial charge is 0.481 e. The zero-order chi connectivity index (χ0) is 10.6. The van der Waals surface area contributed by atoms with Crippen molar-refractivity contribution in [3.63, 3.8) is 0 Å². The average molecular weight is 196 g/mol. The molecule has 0 saturated heterocycles. The van der Waals surface area contributed by atoms with Crippen LogP contribution in [0.2, 0.25) is 0 Å². The molecule has 0 amide bonds. The number of aryl methyl sites for hydroxylation is 3. The molecule has 0 bridgehead atoms. The van der Waals surface area contributed by atoms with Crippen LogP contribution in [0.4, 0.5) is 0 Å². The molecule has 0 atom stereocenters. The lowest BCUT2D eigenvalue weighted by Crippen LogP contribution is -1.98. The molecule has 4 heteroatoms. The van der Waals surface area contributed by atoms with Crippen molar-refractivity contribution in [3.05, 3.63) is 17.2 Å². The lowest BCUT2D eigenvalue weighted by molar-refractivity contribution is -0.137. The molecule has 78 valence electrons. The van der Waals surface area contributed by atoms with Crippen LogP contribution in [0.25, 0.3) is 0 Å². The third-order valence-corrected chi connectivity index (χ3v) is 2.10. The number of nitrogens with zero attached hydrogens (tertiary/aromatic N) is 1. The number of aromatic amines is 1. The summed E-state index contributed by atoms with van der Waals surface area (Å²) in [5, 5.41) is 8.51. The molecule has 1 heterocycles. The van der Waals surface area contributed by atoms with Gasteiger partial charge in [0.25, 0.3) is 0 Å². The highest BCUT2D eigenvalue weighted by Gasteiger charge is 2.06. The first-order chi connectivity index (χ1) is 6.63. The van der Waals surface area contributed by atoms with Gasteiger partial charge in [0, 0.05) is 12.1 Å². The molecule has 1 rings (SSSR count). The van der Waals surface area contributed by atoms with Crippen LogP contribution in [0.1, 0.15) is 37.0 Å². The molecule has 0 aliphatic heterocycles. The molecule has 4 nitrogen and oxygen atoms in total. The number of hydrogen-bond acceptors (Lipinski definition) is 2. The highest BCUT2D eigenvalue weighted by Crippen LogP contribution is 2.08. The SMILES string of the molecule is CCCc1nc(CCC(=O)O)[nH]c1C. The molecule has 14 heavy (non-hydrogen) atoms. The van der Waals surface area contributed by atoms with Crippen LogP contribution < -0.4 is 0 Å². The van der Waals surface area contributed by atoms with E-state index in [0.29, 0.717) is 6.42 Å². The van der Waals surface area contributed by atoms with Crippen LogP contribution in [0.3, 0.4) is 0 Å². The zero-order valence-electron chi connectivity index (χ0n) is 8.63. The van der Waals surface area contributed by atoms with E-state index in [-0.39, 0.29) is 6.42 Å². The smallest absolute Gasteiger partial charge is 0.303 e. The van der Waals surface area contributed by atoms with E-state index < -0.39 is 5.97 Å². The Bertz CT molecular complexity index is 318. The molecule has 2 N–H and O–H groups in total. The van der Waals surface area contributed by atoms with Crippen molar-refractivity contribution in [2.24, 2.45) is 0 Å². The van der Waals surface area contributed by atoms with Crippen molar-refractivity contribution >= 4 is 5.97 Å². The minimum Gasteiger partial charge on any atom is -0.481 e. The van der Waals surface area contributed by atoms with Crippen molar-refractivity contribution in [1.82, 2.24) is 9.97 Å². The van der Waals surface area contributed by atoms with Gasteiger partial charge in [0.15, 0.2) is 0 Å². The quantitative estimate of drug-likeness (QED) is 0.753. The molecular weight excluding hydrogens is 180 g/mol. The molecule has 1 aromatic rings. The van der Waals surface area contributed by atoms with Crippen LogP contribution >= 0.6 is 0 Å². The molecule has 0 spiro atoms. The Morgan fingerprint density at radius 2 is 2.21 bits per heavy atom. The van der Waals surface area contributed by atoms with Gasteiger partial charge in [0.05, 0.1) is 12.1 Å². The summed E-state index contributed by atoms with van der Waals surface area (Å²) in [5.41, 5.74) is 2.13. The lowest BCUT2D eigenvalue weighted by atomic mass is 10.2. The van der Waals surface area contributed by atoms with E-state index in [9.17, 15) is 4.79 Å². The summed E-state index contributed by atoms with van der Waals surface area (Å²) in [7, 11) is 0. The Morgan fingerprint density at radius 1 is 1.50 bits per heavy atom. The standard InChI is InChI=1S/C10H16N2O2/c1-3-4-8-7(2)11-9(12-8)5-6-10(13)14/h3-6H2,1-2H3,(H,11,12)(H,13,14). The van der Waals surface area contributed by atoms with E-state index in [0.717, 1.165) is 30.1 Å². The van der Waals surface area contributed by atoms with Gasteiger partial charge in [-0.2, -0.15) is 0 Å². The predicted molar refractivity (Wildman–Crippen MR) is 53.3 cm³/mol. The Labute approximate surface area is 83.4 Å². The minimum atomic E-state index is -0.781. The number of aromatic nitrogens is 2. The zero-order valence-corrected chi connectivity index (χ0v) is 8.63. The number of rotatable bonds is 5. The first kappa shape index (κ1) is 10.8. The Balaban J connectivity index is 2.61. The van der Waals surface area contributed by atoms with Crippen LogP contribution in [-0.2, 0) is 17.6 Å². The second-order valence-electron chi connectivity index (χ2n) is 3.40. The van der Waals surface area contributed by atoms with Gasteiger partial charge in [-0.25, -0.2) is 4.98 Å². The predicted octanol–water partition coefficient (Wildman–Crippen LogP) is 1.69. The van der Waals surface area contributed by atoms with E-state index >= 15 is 0 Å². The lowest BCUT2D eigenvalue weighted by Gasteiger charge is -1.91. The normalized spacial score (nSPS) is 10.4. The maximum Gasteiger partial charge on any atom is 0.303 e. The van der Waals surface area contributed by atoms with Gasteiger partial charge >= 0.3 is 5.97 Å². The maximum absolute atomic E-state index is 10.3. The summed E-state index contributed by atoms with van der Waals surface area (Å²) in [6.45, 7) is 4.08. The summed E-state index contributed by atoms with van der Waals surface area (Å²) in [5.74, 6) is 0.00412. The van der Waals surface area contributed by atoms with E-state index in [2.05, 4.69) is 16.9 Å². The number of aliphatic carboxylic acids is 1. The Kier molecular flexibility index (Phi) is 3.68. The van der Waals surface area contributed by atoms with Crippen molar-refractivity contribution < 1.29 is 9.90 Å². The summed E-state index contributed by atoms with van der Waals surface area (Å²) in [6.07, 6.45) is 2.64. The fraction of sp³-hybridized carbons (Fsp3) is 0.600. The Hall–Kier alpha value is -1.32. The summed E-state index contributed by atoms with van der Waals surface area (Å²) >= 11 is 0. The van der Waals surface area contributed by atoms with Gasteiger partial charge in [0.2, 0.25) is 0 Å². The van der Waals surface area contributed by atoms with Gasteiger partial charge in [-0.05, 0) is 13.3 Å². The van der Waals surface area contributed by atoms with Gasteiger partial charge in [-0.1, -0.05) is 13.3 Å². The van der Waals surface area contributed by atoms with E-state index in [1.165, 1.54) is 0 Å². The third kappa shape index (κ3) is 2.87. The number of hydrogen-bond donors (Lipinski definition) is 2. The fourth-order valence-electron chi connectivity index (χ4n) is 1.39. The minimum absolute atomic E-state index is 0.137. The third-order valence-electron chi connectivity index (χ3n) is 2.10. The van der Waals surface area contributed by atoms with Gasteiger partial charge in [-0.15, -0.1) is 0 Å². The monoisotopic (exact) mass is 196 g/mol. The molecule has 0 fully saturated rings. The number of H-pyrrole nitrogens is 1. The van der Waals surface area contributed by atoms with Gasteiger partial charge in [0.1, 0.15) is 5.82 Å². The van der Waals surface area contributed by atoms with Gasteiger partial charge in [-0.3, -0.25) is 4.79 Å². The highest BCUT2D eigenvalue weighted by atomic mass is 16.4. The number of carboxylic acid groups (broad SMARTS) is 1. The van der Waals surface area contributed by atoms with Crippen molar-refractivity contribution in [3.8, 4) is 0 Å². The number of carboxylic acids is 1. The molecule has 0 saturated carbocycles. The van der Waals surface area contributed by atoms with Crippen LogP contribution in [-0.4, -0.2) is 21.0 Å². The number of imidazole rings is 1. The second-order valence-corrected chi connectivity index (χ2v) is 3.40. The maximum atomic E-state index is 10.3. The first-order valence-corrected chi connectivity index (χ1v) is 4.89. The second kappa shape index (κ2) is 4.79. The number of carbonyl (C=O) groups is 1. The average Bonchev–Trinajstić information content (AvgIpc) is 2.45. The van der Waals surface area contributed by atoms with Crippen LogP contribution in [0.15, 0.2) is 0 Å². The summed E-state index contributed by atoms with van der Waals surface area (Å²) < 4.78 is 0. The highest BCUT2D eigenvalue weighted by molar-refractivity contribution is 5.66. The van der Waals surface area contributed by atoms with E-state index in [1.54, 1.807) is 0 Å².